The number of carbonyl (C=O) groups excluding carboxylic acids is 1. The molecule has 3 fully saturated rings. The lowest BCUT2D eigenvalue weighted by atomic mass is 9.85. The summed E-state index contributed by atoms with van der Waals surface area (Å²) in [5.74, 6) is 0. The molecule has 340 valence electrons. The lowest BCUT2D eigenvalue weighted by Gasteiger charge is -2.42. The van der Waals surface area contributed by atoms with Crippen molar-refractivity contribution in [2.45, 2.75) is 201 Å². The first-order valence-electron chi connectivity index (χ1n) is 22.2. The van der Waals surface area contributed by atoms with E-state index in [0.29, 0.717) is 12.1 Å². The predicted octanol–water partition coefficient (Wildman–Crippen LogP) is 12.0. The molecule has 8 heteroatoms. The topological polar surface area (TPSA) is 81.3 Å². The number of ether oxygens (including phenoxy) is 4. The number of likely N-dealkylation sites (tertiary alicyclic amines) is 1. The Morgan fingerprint density at radius 3 is 1.34 bits per heavy atom. The average Bonchev–Trinajstić information content (AvgIpc) is 3.97. The highest BCUT2D eigenvalue weighted by atomic mass is 16.6. The Morgan fingerprint density at radius 2 is 0.967 bits per heavy atom. The van der Waals surface area contributed by atoms with Crippen molar-refractivity contribution in [3.05, 3.63) is 106 Å². The van der Waals surface area contributed by atoms with Gasteiger partial charge >= 0.3 is 6.09 Å². The Balaban J connectivity index is 0.000000200. The molecule has 6 aliphatic rings. The average molecular weight is 842 g/mol. The van der Waals surface area contributed by atoms with Gasteiger partial charge in [0.25, 0.3) is 0 Å². The van der Waals surface area contributed by atoms with E-state index in [1.165, 1.54) is 59.1 Å². The molecule has 0 aromatic heterocycles. The first-order chi connectivity index (χ1) is 27.5. The smallest absolute Gasteiger partial charge is 0.410 e. The summed E-state index contributed by atoms with van der Waals surface area (Å²) >= 11 is 0. The maximum absolute atomic E-state index is 12.6. The van der Waals surface area contributed by atoms with Gasteiger partial charge in [-0.1, -0.05) is 95.1 Å². The number of nitrogens with one attached hydrogen (secondary N) is 2. The van der Waals surface area contributed by atoms with Gasteiger partial charge in [0.05, 0.1) is 35.1 Å². The van der Waals surface area contributed by atoms with Gasteiger partial charge in [-0.3, -0.25) is 0 Å². The van der Waals surface area contributed by atoms with E-state index >= 15 is 0 Å². The molecule has 6 heterocycles. The minimum atomic E-state index is -0.477. The van der Waals surface area contributed by atoms with Gasteiger partial charge < -0.3 is 34.5 Å². The predicted molar refractivity (Wildman–Crippen MR) is 252 cm³/mol. The second kappa shape index (κ2) is 20.5. The molecule has 1 unspecified atom stereocenters. The number of rotatable bonds is 3. The molecule has 0 radical (unpaired) electrons. The highest BCUT2D eigenvalue weighted by Gasteiger charge is 2.44. The summed E-state index contributed by atoms with van der Waals surface area (Å²) < 4.78 is 24.7. The van der Waals surface area contributed by atoms with Crippen LogP contribution in [0.25, 0.3) is 0 Å². The fourth-order valence-corrected chi connectivity index (χ4v) is 10.1. The van der Waals surface area contributed by atoms with Crippen LogP contribution in [0, 0.1) is 0 Å². The zero-order valence-corrected chi connectivity index (χ0v) is 36.9. The third kappa shape index (κ3) is 12.5. The quantitative estimate of drug-likeness (QED) is 0.272. The summed E-state index contributed by atoms with van der Waals surface area (Å²) in [4.78, 5) is 14.5. The number of nitrogens with zero attached hydrogens (tertiary/aromatic N) is 1. The monoisotopic (exact) mass is 842 g/mol. The van der Waals surface area contributed by atoms with Crippen LogP contribution in [-0.4, -0.2) is 71.2 Å². The van der Waals surface area contributed by atoms with Crippen molar-refractivity contribution in [3.63, 3.8) is 0 Å². The number of hydrogen-bond donors (Lipinski definition) is 2. The van der Waals surface area contributed by atoms with Crippen LogP contribution in [-0.2, 0) is 38.2 Å². The van der Waals surface area contributed by atoms with Crippen molar-refractivity contribution >= 4 is 6.09 Å². The number of carbonyl (C=O) groups is 1. The van der Waals surface area contributed by atoms with Gasteiger partial charge in [0.15, 0.2) is 0 Å². The van der Waals surface area contributed by atoms with Crippen LogP contribution in [0.5, 0.6) is 0 Å². The van der Waals surface area contributed by atoms with Gasteiger partial charge in [-0.2, -0.15) is 0 Å². The van der Waals surface area contributed by atoms with E-state index < -0.39 is 5.60 Å². The van der Waals surface area contributed by atoms with Gasteiger partial charge in [0, 0.05) is 37.9 Å². The van der Waals surface area contributed by atoms with Crippen LogP contribution >= 0.6 is 0 Å². The highest BCUT2D eigenvalue weighted by molar-refractivity contribution is 5.69. The molecule has 6 aliphatic heterocycles. The standard InChI is InChI=1S/C20H29NO3.2C15H21NO.3CH4/c1-19(2,3)24-18(22)21-12-8-11-16(21)17-15-10-7-6-9-14(15)13-20(4,5)23-17;2*1-15(2)10-11-6-3-4-7-12(11)14(17-15)13-8-5-9-16-13;;;/h6-7,9-10,16-17H,8,11-13H2,1-5H3;2*3-4,6-7,13-14,16H,5,8-10H2,1-2H3;3*1H4/t16-,17?;13-,14+;13-,14-;;;/m000.../s1. The highest BCUT2D eigenvalue weighted by Crippen LogP contribution is 2.43. The summed E-state index contributed by atoms with van der Waals surface area (Å²) in [5.41, 5.74) is 7.48. The zero-order valence-electron chi connectivity index (χ0n) is 36.9. The Hall–Kier alpha value is -3.27. The van der Waals surface area contributed by atoms with E-state index in [1.54, 1.807) is 0 Å². The summed E-state index contributed by atoms with van der Waals surface area (Å²) in [5, 5.41) is 7.16. The van der Waals surface area contributed by atoms with Crippen LogP contribution in [0.2, 0.25) is 0 Å². The van der Waals surface area contributed by atoms with Gasteiger partial charge in [-0.05, 0) is 147 Å². The van der Waals surface area contributed by atoms with Crippen LogP contribution in [0.1, 0.15) is 175 Å². The maximum atomic E-state index is 12.6. The van der Waals surface area contributed by atoms with Crippen LogP contribution in [0.15, 0.2) is 72.8 Å². The van der Waals surface area contributed by atoms with E-state index in [1.807, 2.05) is 25.7 Å². The molecule has 6 atom stereocenters. The van der Waals surface area contributed by atoms with E-state index in [0.717, 1.165) is 51.7 Å². The molecule has 0 aliphatic carbocycles. The SMILES string of the molecule is C.C.C.CC(C)(C)OC(=O)N1CCC[C@H]1C1OC(C)(C)Cc2ccccc21.CC1(C)Cc2ccccc2[C@@H]([C@@H]2CCCN2)O1.CC1(C)Cc2ccccc2[C@H]([C@@H]2CCCN2)O1. The molecule has 3 aromatic carbocycles. The number of amides is 1. The number of hydrogen-bond acceptors (Lipinski definition) is 7. The van der Waals surface area contributed by atoms with Crippen molar-refractivity contribution in [2.75, 3.05) is 19.6 Å². The van der Waals surface area contributed by atoms with Gasteiger partial charge in [-0.15, -0.1) is 0 Å². The van der Waals surface area contributed by atoms with Crippen molar-refractivity contribution < 1.29 is 23.7 Å². The molecule has 8 nitrogen and oxygen atoms in total. The number of benzene rings is 3. The molecule has 3 saturated heterocycles. The summed E-state index contributed by atoms with van der Waals surface area (Å²) in [6.07, 6.45) is 10.0. The molecular formula is C53H83N3O5. The lowest BCUT2D eigenvalue weighted by molar-refractivity contribution is -0.112. The lowest BCUT2D eigenvalue weighted by Crippen LogP contribution is -2.46. The summed E-state index contributed by atoms with van der Waals surface area (Å²) in [7, 11) is 0. The maximum Gasteiger partial charge on any atom is 0.410 e. The van der Waals surface area contributed by atoms with Crippen molar-refractivity contribution in [1.29, 1.82) is 0 Å². The normalized spacial score (nSPS) is 27.7. The second-order valence-electron chi connectivity index (χ2n) is 20.3. The largest absolute Gasteiger partial charge is 0.444 e. The van der Waals surface area contributed by atoms with Crippen molar-refractivity contribution in [2.24, 2.45) is 0 Å². The van der Waals surface area contributed by atoms with Crippen LogP contribution in [0.4, 0.5) is 4.79 Å². The van der Waals surface area contributed by atoms with Crippen LogP contribution in [0.3, 0.4) is 0 Å². The Labute approximate surface area is 371 Å². The fourth-order valence-electron chi connectivity index (χ4n) is 10.1. The molecule has 0 bridgehead atoms. The molecule has 9 rings (SSSR count). The Bertz CT molecular complexity index is 1770. The van der Waals surface area contributed by atoms with Crippen LogP contribution < -0.4 is 10.6 Å². The van der Waals surface area contributed by atoms with E-state index in [-0.39, 0.29) is 69.5 Å². The molecular weight excluding hydrogens is 759 g/mol. The van der Waals surface area contributed by atoms with Gasteiger partial charge in [-0.25, -0.2) is 4.79 Å². The van der Waals surface area contributed by atoms with Gasteiger partial charge in [0.1, 0.15) is 11.7 Å². The second-order valence-corrected chi connectivity index (χ2v) is 20.3. The minimum absolute atomic E-state index is 0. The fraction of sp³-hybridized carbons (Fsp3) is 0.642. The molecule has 0 spiro atoms. The summed E-state index contributed by atoms with van der Waals surface area (Å²) in [6.45, 7) is 21.8. The number of fused-ring (bicyclic) bond motifs is 3. The Kier molecular flexibility index (Phi) is 16.9. The zero-order chi connectivity index (χ0) is 41.3. The minimum Gasteiger partial charge on any atom is -0.444 e. The Morgan fingerprint density at radius 1 is 0.590 bits per heavy atom. The van der Waals surface area contributed by atoms with Crippen molar-refractivity contribution in [3.8, 4) is 0 Å². The third-order valence-electron chi connectivity index (χ3n) is 12.5. The van der Waals surface area contributed by atoms with Crippen molar-refractivity contribution in [1.82, 2.24) is 15.5 Å². The van der Waals surface area contributed by atoms with E-state index in [9.17, 15) is 4.79 Å². The molecule has 61 heavy (non-hydrogen) atoms. The molecule has 3 aromatic rings. The first-order valence-corrected chi connectivity index (χ1v) is 22.2. The van der Waals surface area contributed by atoms with E-state index in [2.05, 4.69) is 125 Å². The first kappa shape index (κ1) is 50.4. The van der Waals surface area contributed by atoms with Gasteiger partial charge in [0.2, 0.25) is 0 Å². The summed E-state index contributed by atoms with van der Waals surface area (Å²) in [6, 6.07) is 27.0. The molecule has 0 saturated carbocycles. The van der Waals surface area contributed by atoms with E-state index in [4.69, 9.17) is 18.9 Å². The third-order valence-corrected chi connectivity index (χ3v) is 12.5. The molecule has 2 N–H and O–H groups in total. The molecule has 1 amide bonds.